The highest BCUT2D eigenvalue weighted by molar-refractivity contribution is 5.35. The molecule has 100 valence electrons. The SMILES string of the molecule is CNCC1CCCN(c2nc(C)cc(OC)n2)C1. The summed E-state index contributed by atoms with van der Waals surface area (Å²) < 4.78 is 5.21. The topological polar surface area (TPSA) is 50.3 Å². The van der Waals surface area contributed by atoms with Gasteiger partial charge in [-0.05, 0) is 39.3 Å². The average Bonchev–Trinajstić information content (AvgIpc) is 2.39. The van der Waals surface area contributed by atoms with Crippen LogP contribution in [0, 0.1) is 12.8 Å². The van der Waals surface area contributed by atoms with Crippen molar-refractivity contribution in [3.05, 3.63) is 11.8 Å². The van der Waals surface area contributed by atoms with E-state index in [1.807, 2.05) is 20.0 Å². The van der Waals surface area contributed by atoms with Crippen molar-refractivity contribution in [3.8, 4) is 5.88 Å². The Morgan fingerprint density at radius 3 is 3.06 bits per heavy atom. The van der Waals surface area contributed by atoms with Crippen molar-refractivity contribution in [2.45, 2.75) is 19.8 Å². The third-order valence-corrected chi connectivity index (χ3v) is 3.32. The second kappa shape index (κ2) is 6.00. The van der Waals surface area contributed by atoms with Crippen LogP contribution >= 0.6 is 0 Å². The Morgan fingerprint density at radius 1 is 1.50 bits per heavy atom. The highest BCUT2D eigenvalue weighted by atomic mass is 16.5. The van der Waals surface area contributed by atoms with Crippen LogP contribution in [0.3, 0.4) is 0 Å². The van der Waals surface area contributed by atoms with Crippen LogP contribution in [0.2, 0.25) is 0 Å². The average molecular weight is 250 g/mol. The van der Waals surface area contributed by atoms with Crippen molar-refractivity contribution < 1.29 is 4.74 Å². The minimum atomic E-state index is 0.647. The Morgan fingerprint density at radius 2 is 2.33 bits per heavy atom. The molecule has 0 saturated carbocycles. The van der Waals surface area contributed by atoms with Crippen LogP contribution in [0.1, 0.15) is 18.5 Å². The molecule has 0 amide bonds. The van der Waals surface area contributed by atoms with Crippen molar-refractivity contribution >= 4 is 5.95 Å². The van der Waals surface area contributed by atoms with Gasteiger partial charge in [-0.15, -0.1) is 0 Å². The molecule has 5 nitrogen and oxygen atoms in total. The van der Waals surface area contributed by atoms with Gasteiger partial charge in [-0.3, -0.25) is 0 Å². The molecule has 1 saturated heterocycles. The van der Waals surface area contributed by atoms with E-state index in [1.54, 1.807) is 7.11 Å². The number of hydrogen-bond acceptors (Lipinski definition) is 5. The highest BCUT2D eigenvalue weighted by Crippen LogP contribution is 2.22. The second-order valence-corrected chi connectivity index (χ2v) is 4.86. The lowest BCUT2D eigenvalue weighted by molar-refractivity contribution is 0.385. The summed E-state index contributed by atoms with van der Waals surface area (Å²) in [6.45, 7) is 5.09. The van der Waals surface area contributed by atoms with E-state index < -0.39 is 0 Å². The molecule has 0 spiro atoms. The van der Waals surface area contributed by atoms with Gasteiger partial charge in [0.05, 0.1) is 7.11 Å². The first-order chi connectivity index (χ1) is 8.72. The standard InChI is InChI=1S/C13H22N4O/c1-10-7-12(18-3)16-13(15-10)17-6-4-5-11(9-17)8-14-2/h7,11,14H,4-6,8-9H2,1-3H3. The molecule has 18 heavy (non-hydrogen) atoms. The van der Waals surface area contributed by atoms with E-state index in [0.29, 0.717) is 11.8 Å². The molecule has 1 atom stereocenters. The number of aryl methyl sites for hydroxylation is 1. The zero-order valence-corrected chi connectivity index (χ0v) is 11.4. The van der Waals surface area contributed by atoms with E-state index in [0.717, 1.165) is 31.3 Å². The van der Waals surface area contributed by atoms with Gasteiger partial charge in [-0.1, -0.05) is 0 Å². The maximum Gasteiger partial charge on any atom is 0.228 e. The molecule has 2 rings (SSSR count). The van der Waals surface area contributed by atoms with Gasteiger partial charge in [0.15, 0.2) is 0 Å². The zero-order chi connectivity index (χ0) is 13.0. The van der Waals surface area contributed by atoms with Gasteiger partial charge in [0, 0.05) is 24.8 Å². The van der Waals surface area contributed by atoms with Crippen molar-refractivity contribution in [3.63, 3.8) is 0 Å². The smallest absolute Gasteiger partial charge is 0.228 e. The van der Waals surface area contributed by atoms with Gasteiger partial charge >= 0.3 is 0 Å². The summed E-state index contributed by atoms with van der Waals surface area (Å²) in [6, 6.07) is 1.86. The number of aromatic nitrogens is 2. The molecular formula is C13H22N4O. The minimum absolute atomic E-state index is 0.647. The molecule has 2 heterocycles. The molecule has 0 radical (unpaired) electrons. The van der Waals surface area contributed by atoms with E-state index in [-0.39, 0.29) is 0 Å². The number of ether oxygens (including phenoxy) is 1. The van der Waals surface area contributed by atoms with E-state index in [9.17, 15) is 0 Å². The normalized spacial score (nSPS) is 19.9. The number of nitrogens with one attached hydrogen (secondary N) is 1. The Bertz CT molecular complexity index is 395. The molecule has 0 bridgehead atoms. The van der Waals surface area contributed by atoms with Crippen LogP contribution < -0.4 is 15.0 Å². The molecule has 1 fully saturated rings. The van der Waals surface area contributed by atoms with E-state index in [2.05, 4.69) is 20.2 Å². The third-order valence-electron chi connectivity index (χ3n) is 3.32. The number of rotatable bonds is 4. The Kier molecular flexibility index (Phi) is 4.36. The van der Waals surface area contributed by atoms with Gasteiger partial charge in [0.1, 0.15) is 0 Å². The molecule has 0 aliphatic carbocycles. The van der Waals surface area contributed by atoms with Crippen molar-refractivity contribution in [1.82, 2.24) is 15.3 Å². The molecule has 1 aliphatic rings. The second-order valence-electron chi connectivity index (χ2n) is 4.86. The van der Waals surface area contributed by atoms with Crippen LogP contribution in [-0.2, 0) is 0 Å². The number of anilines is 1. The van der Waals surface area contributed by atoms with Gasteiger partial charge in [-0.25, -0.2) is 4.98 Å². The zero-order valence-electron chi connectivity index (χ0n) is 11.4. The quantitative estimate of drug-likeness (QED) is 0.871. The van der Waals surface area contributed by atoms with Crippen LogP contribution in [0.5, 0.6) is 5.88 Å². The molecule has 5 heteroatoms. The van der Waals surface area contributed by atoms with E-state index >= 15 is 0 Å². The summed E-state index contributed by atoms with van der Waals surface area (Å²) in [7, 11) is 3.65. The molecule has 0 aromatic carbocycles. The third kappa shape index (κ3) is 3.10. The van der Waals surface area contributed by atoms with Crippen LogP contribution in [-0.4, -0.2) is 43.8 Å². The summed E-state index contributed by atoms with van der Waals surface area (Å²) in [5.74, 6) is 2.12. The first kappa shape index (κ1) is 13.1. The summed E-state index contributed by atoms with van der Waals surface area (Å²) in [5, 5.41) is 3.25. The summed E-state index contributed by atoms with van der Waals surface area (Å²) in [6.07, 6.45) is 2.48. The van der Waals surface area contributed by atoms with Gasteiger partial charge < -0.3 is 15.0 Å². The van der Waals surface area contributed by atoms with Crippen molar-refractivity contribution in [2.24, 2.45) is 5.92 Å². The first-order valence-electron chi connectivity index (χ1n) is 6.52. The molecule has 1 aromatic rings. The maximum atomic E-state index is 5.21. The predicted octanol–water partition coefficient (Wildman–Crippen LogP) is 1.23. The lowest BCUT2D eigenvalue weighted by Crippen LogP contribution is -2.40. The summed E-state index contributed by atoms with van der Waals surface area (Å²) in [5.41, 5.74) is 0.951. The fourth-order valence-corrected chi connectivity index (χ4v) is 2.47. The van der Waals surface area contributed by atoms with Crippen molar-refractivity contribution in [1.29, 1.82) is 0 Å². The fourth-order valence-electron chi connectivity index (χ4n) is 2.47. The molecular weight excluding hydrogens is 228 g/mol. The number of nitrogens with zero attached hydrogens (tertiary/aromatic N) is 3. The molecule has 1 aromatic heterocycles. The van der Waals surface area contributed by atoms with Crippen molar-refractivity contribution in [2.75, 3.05) is 38.7 Å². The van der Waals surface area contributed by atoms with Gasteiger partial charge in [-0.2, -0.15) is 4.98 Å². The fraction of sp³-hybridized carbons (Fsp3) is 0.692. The Hall–Kier alpha value is -1.36. The van der Waals surface area contributed by atoms with Gasteiger partial charge in [0.25, 0.3) is 0 Å². The lowest BCUT2D eigenvalue weighted by atomic mass is 9.98. The highest BCUT2D eigenvalue weighted by Gasteiger charge is 2.21. The van der Waals surface area contributed by atoms with E-state index in [4.69, 9.17) is 4.74 Å². The molecule has 1 aliphatic heterocycles. The van der Waals surface area contributed by atoms with E-state index in [1.165, 1.54) is 12.8 Å². The van der Waals surface area contributed by atoms with Crippen LogP contribution in [0.4, 0.5) is 5.95 Å². The number of methoxy groups -OCH3 is 1. The number of hydrogen-bond donors (Lipinski definition) is 1. The first-order valence-corrected chi connectivity index (χ1v) is 6.52. The lowest BCUT2D eigenvalue weighted by Gasteiger charge is -2.32. The maximum absolute atomic E-state index is 5.21. The Labute approximate surface area is 109 Å². The predicted molar refractivity (Wildman–Crippen MR) is 72.2 cm³/mol. The monoisotopic (exact) mass is 250 g/mol. The Balaban J connectivity index is 2.12. The molecule has 1 N–H and O–H groups in total. The minimum Gasteiger partial charge on any atom is -0.481 e. The molecule has 1 unspecified atom stereocenters. The van der Waals surface area contributed by atoms with Crippen LogP contribution in [0.25, 0.3) is 0 Å². The summed E-state index contributed by atoms with van der Waals surface area (Å²) in [4.78, 5) is 11.2. The van der Waals surface area contributed by atoms with Gasteiger partial charge in [0.2, 0.25) is 11.8 Å². The number of piperidine rings is 1. The van der Waals surface area contributed by atoms with Crippen LogP contribution in [0.15, 0.2) is 6.07 Å². The summed E-state index contributed by atoms with van der Waals surface area (Å²) >= 11 is 0. The largest absolute Gasteiger partial charge is 0.481 e.